The van der Waals surface area contributed by atoms with Crippen molar-refractivity contribution < 1.29 is 24.1 Å². The molecule has 0 radical (unpaired) electrons. The van der Waals surface area contributed by atoms with Gasteiger partial charge in [-0.1, -0.05) is 30.3 Å². The first-order chi connectivity index (χ1) is 13.7. The van der Waals surface area contributed by atoms with Gasteiger partial charge in [0.1, 0.15) is 23.9 Å². The average molecular weight is 378 g/mol. The lowest BCUT2D eigenvalue weighted by Gasteiger charge is -2.11. The van der Waals surface area contributed by atoms with Crippen molar-refractivity contribution >= 4 is 5.97 Å². The molecule has 0 unspecified atom stereocenters. The van der Waals surface area contributed by atoms with Crippen molar-refractivity contribution in [2.45, 2.75) is 13.0 Å². The number of hydrogen-bond acceptors (Lipinski definition) is 5. The fourth-order valence-corrected chi connectivity index (χ4v) is 2.70. The van der Waals surface area contributed by atoms with Crippen LogP contribution in [0.25, 0.3) is 0 Å². The molecule has 0 heterocycles. The first-order valence-corrected chi connectivity index (χ1v) is 8.95. The van der Waals surface area contributed by atoms with Crippen molar-refractivity contribution in [1.82, 2.24) is 0 Å². The van der Waals surface area contributed by atoms with Crippen LogP contribution in [-0.2, 0) is 17.8 Å². The molecule has 3 aromatic carbocycles. The normalized spacial score (nSPS) is 10.3. The molecule has 5 nitrogen and oxygen atoms in total. The summed E-state index contributed by atoms with van der Waals surface area (Å²) < 4.78 is 16.3. The number of carbonyl (C=O) groups is 1. The highest BCUT2D eigenvalue weighted by molar-refractivity contribution is 5.90. The van der Waals surface area contributed by atoms with Gasteiger partial charge in [0.2, 0.25) is 0 Å². The van der Waals surface area contributed by atoms with E-state index < -0.39 is 0 Å². The molecule has 0 aliphatic rings. The zero-order valence-electron chi connectivity index (χ0n) is 15.6. The SMILES string of the molecule is COC(=O)c1ccccc1COc1ccc(CCOc2ccc(O)cc2)cc1. The third-order valence-corrected chi connectivity index (χ3v) is 4.24. The van der Waals surface area contributed by atoms with Crippen LogP contribution in [0.1, 0.15) is 21.5 Å². The van der Waals surface area contributed by atoms with E-state index in [0.717, 1.165) is 29.0 Å². The van der Waals surface area contributed by atoms with Gasteiger partial charge in [-0.25, -0.2) is 4.79 Å². The van der Waals surface area contributed by atoms with Gasteiger partial charge in [-0.3, -0.25) is 0 Å². The molecule has 0 aliphatic carbocycles. The van der Waals surface area contributed by atoms with E-state index in [1.807, 2.05) is 36.4 Å². The van der Waals surface area contributed by atoms with E-state index >= 15 is 0 Å². The Morgan fingerprint density at radius 3 is 2.21 bits per heavy atom. The van der Waals surface area contributed by atoms with E-state index in [0.29, 0.717) is 12.2 Å². The molecule has 0 aromatic heterocycles. The number of phenolic OH excluding ortho intramolecular Hbond substituents is 1. The lowest BCUT2D eigenvalue weighted by atomic mass is 10.1. The number of carbonyl (C=O) groups excluding carboxylic acids is 1. The Labute approximate surface area is 164 Å². The number of hydrogen-bond donors (Lipinski definition) is 1. The van der Waals surface area contributed by atoms with Crippen LogP contribution in [-0.4, -0.2) is 24.8 Å². The second kappa shape index (κ2) is 9.46. The van der Waals surface area contributed by atoms with Crippen LogP contribution in [0.5, 0.6) is 17.2 Å². The molecule has 1 N–H and O–H groups in total. The minimum absolute atomic E-state index is 0.220. The van der Waals surface area contributed by atoms with Gasteiger partial charge in [0, 0.05) is 12.0 Å². The molecule has 3 aromatic rings. The van der Waals surface area contributed by atoms with Gasteiger partial charge in [0.05, 0.1) is 19.3 Å². The summed E-state index contributed by atoms with van der Waals surface area (Å²) in [5.41, 5.74) is 2.41. The molecule has 0 saturated carbocycles. The van der Waals surface area contributed by atoms with Crippen LogP contribution in [0, 0.1) is 0 Å². The molecule has 3 rings (SSSR count). The molecule has 0 atom stereocenters. The highest BCUT2D eigenvalue weighted by Crippen LogP contribution is 2.18. The minimum Gasteiger partial charge on any atom is -0.508 e. The van der Waals surface area contributed by atoms with Gasteiger partial charge in [0.15, 0.2) is 0 Å². The summed E-state index contributed by atoms with van der Waals surface area (Å²) in [5.74, 6) is 1.30. The second-order valence-electron chi connectivity index (χ2n) is 6.17. The van der Waals surface area contributed by atoms with Gasteiger partial charge in [0.25, 0.3) is 0 Å². The van der Waals surface area contributed by atoms with Gasteiger partial charge in [-0.15, -0.1) is 0 Å². The Balaban J connectivity index is 1.51. The van der Waals surface area contributed by atoms with Crippen molar-refractivity contribution in [3.8, 4) is 17.2 Å². The Hall–Kier alpha value is -3.47. The molecule has 0 aliphatic heterocycles. The highest BCUT2D eigenvalue weighted by Gasteiger charge is 2.11. The highest BCUT2D eigenvalue weighted by atomic mass is 16.5. The fraction of sp³-hybridized carbons (Fsp3) is 0.174. The number of methoxy groups -OCH3 is 1. The Kier molecular flexibility index (Phi) is 6.52. The zero-order chi connectivity index (χ0) is 19.8. The van der Waals surface area contributed by atoms with Crippen molar-refractivity contribution in [2.24, 2.45) is 0 Å². The van der Waals surface area contributed by atoms with Gasteiger partial charge < -0.3 is 19.3 Å². The molecule has 144 valence electrons. The fourth-order valence-electron chi connectivity index (χ4n) is 2.70. The number of benzene rings is 3. The van der Waals surface area contributed by atoms with Crippen molar-refractivity contribution in [3.63, 3.8) is 0 Å². The largest absolute Gasteiger partial charge is 0.508 e. The number of rotatable bonds is 8. The number of ether oxygens (including phenoxy) is 3. The Bertz CT molecular complexity index is 901. The maximum Gasteiger partial charge on any atom is 0.338 e. The predicted molar refractivity (Wildman–Crippen MR) is 106 cm³/mol. The number of esters is 1. The van der Waals surface area contributed by atoms with Crippen molar-refractivity contribution in [2.75, 3.05) is 13.7 Å². The molecular formula is C23H22O5. The standard InChI is InChI=1S/C23H22O5/c1-26-23(25)22-5-3-2-4-18(22)16-28-21-10-6-17(7-11-21)14-15-27-20-12-8-19(24)9-13-20/h2-13,24H,14-16H2,1H3. The summed E-state index contributed by atoms with van der Waals surface area (Å²) in [5, 5.41) is 9.27. The minimum atomic E-state index is -0.372. The van der Waals surface area contributed by atoms with Gasteiger partial charge >= 0.3 is 5.97 Å². The van der Waals surface area contributed by atoms with Crippen LogP contribution in [0.4, 0.5) is 0 Å². The summed E-state index contributed by atoms with van der Waals surface area (Å²) in [4.78, 5) is 11.8. The van der Waals surface area contributed by atoms with E-state index in [1.165, 1.54) is 7.11 Å². The number of aromatic hydroxyl groups is 1. The van der Waals surface area contributed by atoms with E-state index in [1.54, 1.807) is 36.4 Å². The average Bonchev–Trinajstić information content (AvgIpc) is 2.74. The maximum absolute atomic E-state index is 11.8. The quantitative estimate of drug-likeness (QED) is 0.589. The third-order valence-electron chi connectivity index (χ3n) is 4.24. The zero-order valence-corrected chi connectivity index (χ0v) is 15.6. The number of phenols is 1. The van der Waals surface area contributed by atoms with Crippen LogP contribution < -0.4 is 9.47 Å². The smallest absolute Gasteiger partial charge is 0.338 e. The molecular weight excluding hydrogens is 356 g/mol. The summed E-state index contributed by atoms with van der Waals surface area (Å²) in [6, 6.07) is 21.7. The van der Waals surface area contributed by atoms with Crippen molar-refractivity contribution in [1.29, 1.82) is 0 Å². The van der Waals surface area contributed by atoms with E-state index in [4.69, 9.17) is 14.2 Å². The van der Waals surface area contributed by atoms with Crippen molar-refractivity contribution in [3.05, 3.63) is 89.5 Å². The Morgan fingerprint density at radius 2 is 1.50 bits per heavy atom. The summed E-state index contributed by atoms with van der Waals surface area (Å²) in [6.45, 7) is 0.825. The van der Waals surface area contributed by atoms with Crippen LogP contribution in [0.2, 0.25) is 0 Å². The predicted octanol–water partition coefficient (Wildman–Crippen LogP) is 4.38. The van der Waals surface area contributed by atoms with Crippen LogP contribution in [0.3, 0.4) is 0 Å². The summed E-state index contributed by atoms with van der Waals surface area (Å²) >= 11 is 0. The molecule has 0 amide bonds. The molecule has 0 bridgehead atoms. The van der Waals surface area contributed by atoms with E-state index in [9.17, 15) is 9.90 Å². The van der Waals surface area contributed by atoms with Gasteiger partial charge in [-0.05, 0) is 48.0 Å². The first-order valence-electron chi connectivity index (χ1n) is 8.95. The molecule has 0 fully saturated rings. The van der Waals surface area contributed by atoms with E-state index in [2.05, 4.69) is 0 Å². The summed E-state index contributed by atoms with van der Waals surface area (Å²) in [7, 11) is 1.37. The van der Waals surface area contributed by atoms with Crippen LogP contribution >= 0.6 is 0 Å². The summed E-state index contributed by atoms with van der Waals surface area (Å²) in [6.07, 6.45) is 0.756. The molecule has 0 saturated heterocycles. The first kappa shape index (κ1) is 19.3. The van der Waals surface area contributed by atoms with Crippen LogP contribution in [0.15, 0.2) is 72.8 Å². The van der Waals surface area contributed by atoms with Gasteiger partial charge in [-0.2, -0.15) is 0 Å². The lowest BCUT2D eigenvalue weighted by Crippen LogP contribution is -2.07. The third kappa shape index (κ3) is 5.27. The van der Waals surface area contributed by atoms with E-state index in [-0.39, 0.29) is 18.3 Å². The molecule has 0 spiro atoms. The maximum atomic E-state index is 11.8. The second-order valence-corrected chi connectivity index (χ2v) is 6.17. The molecule has 5 heteroatoms. The lowest BCUT2D eigenvalue weighted by molar-refractivity contribution is 0.0597. The monoisotopic (exact) mass is 378 g/mol. The topological polar surface area (TPSA) is 65.0 Å². The Morgan fingerprint density at radius 1 is 0.857 bits per heavy atom. The molecule has 28 heavy (non-hydrogen) atoms.